The minimum atomic E-state index is -3.68. The van der Waals surface area contributed by atoms with E-state index < -0.39 is 40.0 Å². The molecule has 0 aromatic heterocycles. The van der Waals surface area contributed by atoms with Gasteiger partial charge in [-0.15, -0.1) is 0 Å². The Labute approximate surface area is 168 Å². The van der Waals surface area contributed by atoms with Gasteiger partial charge in [-0.3, -0.25) is 4.79 Å². The highest BCUT2D eigenvalue weighted by Gasteiger charge is 2.21. The average Bonchev–Trinajstić information content (AvgIpc) is 2.68. The zero-order chi connectivity index (χ0) is 21.8. The van der Waals surface area contributed by atoms with Gasteiger partial charge in [-0.05, 0) is 30.2 Å². The van der Waals surface area contributed by atoms with Crippen LogP contribution in [0.4, 0.5) is 0 Å². The van der Waals surface area contributed by atoms with E-state index in [1.165, 1.54) is 32.3 Å². The largest absolute Gasteiger partial charge is 0.504 e. The Kier molecular flexibility index (Phi) is 6.83. The van der Waals surface area contributed by atoms with E-state index in [1.54, 1.807) is 25.1 Å². The molecule has 156 valence electrons. The topological polar surface area (TPSA) is 133 Å². The van der Waals surface area contributed by atoms with Crippen molar-refractivity contribution in [2.45, 2.75) is 18.4 Å². The molecule has 0 aliphatic rings. The van der Waals surface area contributed by atoms with Crippen LogP contribution in [0.15, 0.2) is 41.3 Å². The lowest BCUT2D eigenvalue weighted by molar-refractivity contribution is -0.124. The average molecular weight is 422 g/mol. The maximum atomic E-state index is 12.4. The normalized spacial score (nSPS) is 11.3. The van der Waals surface area contributed by atoms with E-state index in [-0.39, 0.29) is 17.0 Å². The number of carbonyl (C=O) groups is 2. The van der Waals surface area contributed by atoms with Crippen molar-refractivity contribution < 1.29 is 33.0 Å². The predicted molar refractivity (Wildman–Crippen MR) is 104 cm³/mol. The van der Waals surface area contributed by atoms with Crippen molar-refractivity contribution in [3.63, 3.8) is 0 Å². The summed E-state index contributed by atoms with van der Waals surface area (Å²) >= 11 is 0. The van der Waals surface area contributed by atoms with Gasteiger partial charge >= 0.3 is 5.97 Å². The van der Waals surface area contributed by atoms with Gasteiger partial charge in [0.05, 0.1) is 4.90 Å². The summed E-state index contributed by atoms with van der Waals surface area (Å²) < 4.78 is 30.6. The number of ether oxygens (including phenoxy) is 1. The highest BCUT2D eigenvalue weighted by Crippen LogP contribution is 2.32. The summed E-state index contributed by atoms with van der Waals surface area (Å²) in [5.74, 6) is -2.71. The second-order valence-electron chi connectivity index (χ2n) is 6.38. The molecule has 9 nitrogen and oxygen atoms in total. The minimum Gasteiger partial charge on any atom is -0.504 e. The SMILES string of the molecule is Cc1ccc(C(=O)OCC(=O)NCc2ccccc2S(=O)(=O)N(C)C)c(O)c1O. The Hall–Kier alpha value is -3.11. The molecule has 29 heavy (non-hydrogen) atoms. The van der Waals surface area contributed by atoms with Crippen LogP contribution >= 0.6 is 0 Å². The van der Waals surface area contributed by atoms with Gasteiger partial charge < -0.3 is 20.3 Å². The van der Waals surface area contributed by atoms with Gasteiger partial charge in [0.25, 0.3) is 5.91 Å². The molecule has 0 spiro atoms. The molecule has 2 rings (SSSR count). The third-order valence-corrected chi connectivity index (χ3v) is 6.03. The van der Waals surface area contributed by atoms with E-state index in [4.69, 9.17) is 4.74 Å². The van der Waals surface area contributed by atoms with Crippen molar-refractivity contribution in [1.29, 1.82) is 0 Å². The van der Waals surface area contributed by atoms with Crippen molar-refractivity contribution >= 4 is 21.9 Å². The maximum absolute atomic E-state index is 12.4. The summed E-state index contributed by atoms with van der Waals surface area (Å²) in [6, 6.07) is 8.91. The van der Waals surface area contributed by atoms with Gasteiger partial charge in [-0.25, -0.2) is 17.5 Å². The molecule has 0 bridgehead atoms. The standard InChI is InChI=1S/C19H22N2O7S/c1-12-8-9-14(18(24)17(12)23)19(25)28-11-16(22)20-10-13-6-4-5-7-15(13)29(26,27)21(2)3/h4-9,23-24H,10-11H2,1-3H3,(H,20,22). The summed E-state index contributed by atoms with van der Waals surface area (Å²) in [7, 11) is -0.874. The van der Waals surface area contributed by atoms with Gasteiger partial charge in [0.2, 0.25) is 10.0 Å². The van der Waals surface area contributed by atoms with Gasteiger partial charge in [-0.1, -0.05) is 24.3 Å². The maximum Gasteiger partial charge on any atom is 0.342 e. The fourth-order valence-corrected chi connectivity index (χ4v) is 3.51. The second-order valence-corrected chi connectivity index (χ2v) is 8.50. The molecular weight excluding hydrogens is 400 g/mol. The number of benzene rings is 2. The lowest BCUT2D eigenvalue weighted by Crippen LogP contribution is -2.30. The van der Waals surface area contributed by atoms with E-state index in [1.807, 2.05) is 0 Å². The molecule has 0 aliphatic heterocycles. The summed E-state index contributed by atoms with van der Waals surface area (Å²) in [6.07, 6.45) is 0. The Bertz CT molecular complexity index is 1030. The summed E-state index contributed by atoms with van der Waals surface area (Å²) in [5, 5.41) is 22.0. The fraction of sp³-hybridized carbons (Fsp3) is 0.263. The first-order valence-corrected chi connectivity index (χ1v) is 9.95. The van der Waals surface area contributed by atoms with Crippen LogP contribution in [0, 0.1) is 6.92 Å². The zero-order valence-electron chi connectivity index (χ0n) is 16.2. The Balaban J connectivity index is 2.00. The Morgan fingerprint density at radius 3 is 2.38 bits per heavy atom. The molecule has 0 heterocycles. The molecule has 1 amide bonds. The number of carbonyl (C=O) groups excluding carboxylic acids is 2. The van der Waals surface area contributed by atoms with Crippen LogP contribution in [-0.2, 0) is 26.1 Å². The third-order valence-electron chi connectivity index (χ3n) is 4.11. The molecule has 2 aromatic rings. The number of aryl methyl sites for hydroxylation is 1. The van der Waals surface area contributed by atoms with Crippen LogP contribution in [0.5, 0.6) is 11.5 Å². The number of rotatable bonds is 7. The first-order valence-electron chi connectivity index (χ1n) is 8.51. The number of nitrogens with zero attached hydrogens (tertiary/aromatic N) is 1. The van der Waals surface area contributed by atoms with E-state index in [9.17, 15) is 28.2 Å². The zero-order valence-corrected chi connectivity index (χ0v) is 17.0. The molecule has 0 saturated heterocycles. The van der Waals surface area contributed by atoms with Crippen LogP contribution in [0.2, 0.25) is 0 Å². The van der Waals surface area contributed by atoms with E-state index in [0.717, 1.165) is 4.31 Å². The molecule has 2 aromatic carbocycles. The highest BCUT2D eigenvalue weighted by atomic mass is 32.2. The van der Waals surface area contributed by atoms with Crippen molar-refractivity contribution in [3.8, 4) is 11.5 Å². The lowest BCUT2D eigenvalue weighted by Gasteiger charge is -2.15. The smallest absolute Gasteiger partial charge is 0.342 e. The van der Waals surface area contributed by atoms with Crippen LogP contribution in [0.3, 0.4) is 0 Å². The number of amides is 1. The molecule has 3 N–H and O–H groups in total. The molecule has 0 saturated carbocycles. The first-order chi connectivity index (χ1) is 13.6. The number of sulfonamides is 1. The molecule has 0 unspecified atom stereocenters. The number of aromatic hydroxyl groups is 2. The summed E-state index contributed by atoms with van der Waals surface area (Å²) in [5.41, 5.74) is 0.480. The van der Waals surface area contributed by atoms with Crippen molar-refractivity contribution in [2.75, 3.05) is 20.7 Å². The number of esters is 1. The van der Waals surface area contributed by atoms with Crippen LogP contribution in [-0.4, -0.2) is 55.5 Å². The van der Waals surface area contributed by atoms with E-state index in [2.05, 4.69) is 5.32 Å². The second kappa shape index (κ2) is 8.93. The molecule has 0 fully saturated rings. The third kappa shape index (κ3) is 5.04. The quantitative estimate of drug-likeness (QED) is 0.450. The summed E-state index contributed by atoms with van der Waals surface area (Å²) in [4.78, 5) is 24.1. The number of hydrogen-bond donors (Lipinski definition) is 3. The van der Waals surface area contributed by atoms with Crippen molar-refractivity contribution in [3.05, 3.63) is 53.1 Å². The van der Waals surface area contributed by atoms with Gasteiger partial charge in [-0.2, -0.15) is 0 Å². The Morgan fingerprint density at radius 2 is 1.72 bits per heavy atom. The molecule has 0 atom stereocenters. The van der Waals surface area contributed by atoms with Crippen LogP contribution in [0.25, 0.3) is 0 Å². The fourth-order valence-electron chi connectivity index (χ4n) is 2.40. The highest BCUT2D eigenvalue weighted by molar-refractivity contribution is 7.89. The van der Waals surface area contributed by atoms with Gasteiger partial charge in [0.1, 0.15) is 5.56 Å². The number of nitrogens with one attached hydrogen (secondary N) is 1. The molecular formula is C19H22N2O7S. The van der Waals surface area contributed by atoms with Crippen LogP contribution < -0.4 is 5.32 Å². The van der Waals surface area contributed by atoms with Gasteiger partial charge in [0.15, 0.2) is 18.1 Å². The predicted octanol–water partition coefficient (Wildman–Crippen LogP) is 1.13. The molecule has 0 aliphatic carbocycles. The monoisotopic (exact) mass is 422 g/mol. The first kappa shape index (κ1) is 22.2. The van der Waals surface area contributed by atoms with Crippen molar-refractivity contribution in [1.82, 2.24) is 9.62 Å². The summed E-state index contributed by atoms with van der Waals surface area (Å²) in [6.45, 7) is 0.817. The van der Waals surface area contributed by atoms with Crippen LogP contribution in [0.1, 0.15) is 21.5 Å². The van der Waals surface area contributed by atoms with Crippen molar-refractivity contribution in [2.24, 2.45) is 0 Å². The Morgan fingerprint density at radius 1 is 1.07 bits per heavy atom. The lowest BCUT2D eigenvalue weighted by atomic mass is 10.1. The number of hydrogen-bond acceptors (Lipinski definition) is 7. The molecule has 10 heteroatoms. The molecule has 0 radical (unpaired) electrons. The number of phenols is 2. The van der Waals surface area contributed by atoms with Gasteiger partial charge in [0, 0.05) is 20.6 Å². The van der Waals surface area contributed by atoms with E-state index in [0.29, 0.717) is 11.1 Å². The minimum absolute atomic E-state index is 0.0577. The van der Waals surface area contributed by atoms with E-state index >= 15 is 0 Å². The number of phenolic OH excluding ortho intramolecular Hbond substituents is 2.